The van der Waals surface area contributed by atoms with Crippen LogP contribution in [0.2, 0.25) is 0 Å². The molecule has 194 valence electrons. The van der Waals surface area contributed by atoms with E-state index in [4.69, 9.17) is 25.2 Å². The lowest BCUT2D eigenvalue weighted by Crippen LogP contribution is -2.11. The molecule has 0 aliphatic rings. The Kier molecular flexibility index (Phi) is 10.1. The highest BCUT2D eigenvalue weighted by molar-refractivity contribution is 7.94. The lowest BCUT2D eigenvalue weighted by molar-refractivity contribution is -0.434. The normalized spacial score (nSPS) is 12.0. The Morgan fingerprint density at radius 2 is 1.78 bits per heavy atom. The van der Waals surface area contributed by atoms with Gasteiger partial charge in [-0.15, -0.1) is 18.9 Å². The smallest absolute Gasteiger partial charge is 0.197 e. The molecule has 5 N–H and O–H groups in total. The lowest BCUT2D eigenvalue weighted by atomic mass is 10.1. The summed E-state index contributed by atoms with van der Waals surface area (Å²) < 4.78 is 43.8. The first-order valence-corrected chi connectivity index (χ1v) is 12.7. The van der Waals surface area contributed by atoms with Crippen molar-refractivity contribution in [1.29, 1.82) is 0 Å². The van der Waals surface area contributed by atoms with E-state index in [-0.39, 0.29) is 52.4 Å². The molecule has 0 fully saturated rings. The van der Waals surface area contributed by atoms with Crippen molar-refractivity contribution >= 4 is 62.0 Å². The van der Waals surface area contributed by atoms with Gasteiger partial charge in [0.25, 0.3) is 0 Å². The van der Waals surface area contributed by atoms with E-state index in [1.165, 1.54) is 37.4 Å². The molecule has 0 saturated heterocycles. The number of aromatic hydroxyl groups is 1. The van der Waals surface area contributed by atoms with Gasteiger partial charge in [0, 0.05) is 15.7 Å². The quantitative estimate of drug-likeness (QED) is 0.0555. The molecule has 0 amide bonds. The predicted octanol–water partition coefficient (Wildman–Crippen LogP) is 4.75. The first-order chi connectivity index (χ1) is 17.3. The molecule has 3 rings (SSSR count). The Morgan fingerprint density at radius 1 is 1.00 bits per heavy atom. The van der Waals surface area contributed by atoms with Gasteiger partial charge in [0.2, 0.25) is 0 Å². The molecule has 0 aliphatic heterocycles. The number of fused-ring (bicyclic) bond motifs is 1. The van der Waals surface area contributed by atoms with Gasteiger partial charge in [0.1, 0.15) is 22.9 Å². The molecule has 3 aromatic rings. The highest BCUT2D eigenvalue weighted by Crippen LogP contribution is 2.41. The minimum Gasteiger partial charge on any atom is -0.507 e. The van der Waals surface area contributed by atoms with Gasteiger partial charge in [-0.1, -0.05) is 10.1 Å². The van der Waals surface area contributed by atoms with Crippen molar-refractivity contribution in [3.8, 4) is 11.5 Å². The summed E-state index contributed by atoms with van der Waals surface area (Å²) in [6.45, 7) is -0.263. The Morgan fingerprint density at radius 3 is 2.50 bits per heavy atom. The zero-order valence-corrected chi connectivity index (χ0v) is 20.7. The van der Waals surface area contributed by atoms with Crippen LogP contribution >= 0.6 is 24.4 Å². The Bertz CT molecular complexity index is 1340. The zero-order valence-electron chi connectivity index (χ0n) is 18.3. The average molecular weight is 562 g/mol. The number of nitrogen functional groups attached to an aromatic ring is 1. The number of ether oxygens (including phenoxy) is 1. The minimum absolute atomic E-state index is 0.0754. The fourth-order valence-electron chi connectivity index (χ4n) is 2.98. The van der Waals surface area contributed by atoms with Gasteiger partial charge in [-0.2, -0.15) is 0 Å². The maximum absolute atomic E-state index is 12.7. The van der Waals surface area contributed by atoms with Crippen LogP contribution in [0.1, 0.15) is 0 Å². The van der Waals surface area contributed by atoms with Gasteiger partial charge >= 0.3 is 0 Å². The van der Waals surface area contributed by atoms with E-state index in [1.54, 1.807) is 12.1 Å². The molecule has 0 unspecified atom stereocenters. The number of nitrogens with zero attached hydrogens (tertiary/aromatic N) is 2. The molecule has 0 aromatic heterocycles. The van der Waals surface area contributed by atoms with Crippen molar-refractivity contribution < 1.29 is 51.7 Å². The summed E-state index contributed by atoms with van der Waals surface area (Å²) in [5.41, 5.74) is 6.59. The molecule has 0 saturated carbocycles. The second-order valence-corrected chi connectivity index (χ2v) is 10.0. The third-order valence-electron chi connectivity index (χ3n) is 4.56. The largest absolute Gasteiger partial charge is 0.507 e. The Balaban J connectivity index is 1.96. The van der Waals surface area contributed by atoms with Crippen molar-refractivity contribution in [3.05, 3.63) is 42.5 Å². The number of sulfone groups is 1. The Hall–Kier alpha value is -2.71. The average Bonchev–Trinajstić information content (AvgIpc) is 2.86. The van der Waals surface area contributed by atoms with Crippen LogP contribution in [0.25, 0.3) is 10.8 Å². The monoisotopic (exact) mass is 561 g/mol. The summed E-state index contributed by atoms with van der Waals surface area (Å²) in [5.74, 6) is -0.285. The summed E-state index contributed by atoms with van der Waals surface area (Å²) >= 11 is 0.893. The molecule has 36 heavy (non-hydrogen) atoms. The lowest BCUT2D eigenvalue weighted by Gasteiger charge is -2.10. The number of phenols is 1. The molecular formula is C19H19N3O11S3. The van der Waals surface area contributed by atoms with E-state index in [0.717, 1.165) is 0 Å². The number of benzene rings is 3. The number of nitrogens with two attached hydrogens (primary N) is 1. The van der Waals surface area contributed by atoms with Crippen LogP contribution in [-0.2, 0) is 32.8 Å². The van der Waals surface area contributed by atoms with E-state index >= 15 is 0 Å². The number of hydrogen-bond donors (Lipinski definition) is 4. The third-order valence-corrected chi connectivity index (χ3v) is 7.17. The van der Waals surface area contributed by atoms with Gasteiger partial charge in [0.05, 0.1) is 42.1 Å². The summed E-state index contributed by atoms with van der Waals surface area (Å²) in [5, 5.41) is 42.9. The molecule has 3 aromatic carbocycles. The fraction of sp³-hybridized carbons (Fsp3) is 0.158. The summed E-state index contributed by atoms with van der Waals surface area (Å²) in [4.78, 5) is 0.284. The summed E-state index contributed by atoms with van der Waals surface area (Å²) in [7, 11) is -2.42. The van der Waals surface area contributed by atoms with E-state index in [0.29, 0.717) is 27.7 Å². The number of phenolic OH excluding ortho intramolecular Hbond substituents is 1. The maximum Gasteiger partial charge on any atom is 0.197 e. The number of methoxy groups -OCH3 is 1. The van der Waals surface area contributed by atoms with Crippen LogP contribution in [-0.4, -0.2) is 43.5 Å². The molecule has 0 radical (unpaired) electrons. The van der Waals surface area contributed by atoms with E-state index in [1.807, 2.05) is 0 Å². The van der Waals surface area contributed by atoms with Crippen molar-refractivity contribution in [1.82, 2.24) is 0 Å². The number of rotatable bonds is 13. The highest BCUT2D eigenvalue weighted by Gasteiger charge is 2.18. The van der Waals surface area contributed by atoms with Crippen LogP contribution in [0.15, 0.2) is 62.5 Å². The van der Waals surface area contributed by atoms with Crippen LogP contribution in [0.3, 0.4) is 0 Å². The maximum atomic E-state index is 12.7. The van der Waals surface area contributed by atoms with Crippen LogP contribution < -0.4 is 10.5 Å². The third kappa shape index (κ3) is 6.95. The van der Waals surface area contributed by atoms with Crippen LogP contribution in [0.5, 0.6) is 11.5 Å². The SMILES string of the molecule is COc1ccc(S(=O)(=O)CCOSOOO)cc1N=Nc1c(N)ccc2c(O)cc(SOOO)cc12. The zero-order chi connectivity index (χ0) is 26.1. The van der Waals surface area contributed by atoms with Crippen LogP contribution in [0.4, 0.5) is 17.1 Å². The van der Waals surface area contributed by atoms with Gasteiger partial charge in [-0.3, -0.25) is 4.18 Å². The standard InChI is InChI=1S/C19H19N3O11S3/c1-28-18-5-2-12(36(26,27)7-6-29-35-33-31-25)10-16(18)21-22-19-14-8-11(34-32-30-24)9-17(23)13(14)3-4-15(19)20/h2-5,8-10,23-25H,6-7,20H2,1H3. The summed E-state index contributed by atoms with van der Waals surface area (Å²) in [6.07, 6.45) is 0. The number of anilines is 1. The van der Waals surface area contributed by atoms with Crippen molar-refractivity contribution in [2.45, 2.75) is 9.79 Å². The van der Waals surface area contributed by atoms with Crippen molar-refractivity contribution in [2.75, 3.05) is 25.2 Å². The van der Waals surface area contributed by atoms with Gasteiger partial charge in [-0.05, 0) is 42.5 Å². The van der Waals surface area contributed by atoms with Gasteiger partial charge in [0.15, 0.2) is 22.2 Å². The van der Waals surface area contributed by atoms with Gasteiger partial charge < -0.3 is 15.6 Å². The second kappa shape index (κ2) is 13.0. The second-order valence-electron chi connectivity index (χ2n) is 6.65. The number of hydrogen-bond acceptors (Lipinski definition) is 16. The molecule has 0 atom stereocenters. The van der Waals surface area contributed by atoms with Crippen LogP contribution in [0, 0.1) is 0 Å². The molecule has 0 spiro atoms. The first-order valence-electron chi connectivity index (χ1n) is 9.59. The predicted molar refractivity (Wildman–Crippen MR) is 128 cm³/mol. The van der Waals surface area contributed by atoms with Crippen molar-refractivity contribution in [3.63, 3.8) is 0 Å². The van der Waals surface area contributed by atoms with Gasteiger partial charge in [-0.25, -0.2) is 18.9 Å². The molecule has 0 heterocycles. The Labute approximate surface area is 212 Å². The van der Waals surface area contributed by atoms with E-state index < -0.39 is 15.6 Å². The fourth-order valence-corrected chi connectivity index (χ4v) is 4.84. The highest BCUT2D eigenvalue weighted by atomic mass is 32.2. The molecule has 0 bridgehead atoms. The van der Waals surface area contributed by atoms with E-state index in [2.05, 4.69) is 29.0 Å². The van der Waals surface area contributed by atoms with Crippen molar-refractivity contribution in [2.24, 2.45) is 10.2 Å². The number of azo groups is 1. The summed E-state index contributed by atoms with van der Waals surface area (Å²) in [6, 6.07) is 10.1. The molecule has 17 heteroatoms. The van der Waals surface area contributed by atoms with E-state index in [9.17, 15) is 13.5 Å². The minimum atomic E-state index is -3.80. The molecular weight excluding hydrogens is 542 g/mol. The topological polar surface area (TPSA) is 201 Å². The molecule has 14 nitrogen and oxygen atoms in total. The first kappa shape index (κ1) is 27.9. The molecule has 0 aliphatic carbocycles.